The van der Waals surface area contributed by atoms with Gasteiger partial charge in [-0.1, -0.05) is 200 Å². The zero-order valence-electron chi connectivity index (χ0n) is 73.2. The molecular formula is C111H136N4O4. The summed E-state index contributed by atoms with van der Waals surface area (Å²) in [6.07, 6.45) is 56.6. The lowest BCUT2D eigenvalue weighted by molar-refractivity contribution is -0.0876. The standard InChI is InChI=1S/C30H36O.C27H34N2O.2C27H33NO/c1-28-16-13-24(31)19-23(28)12-15-30(3)26-11-10-25(29(26,2)17-14-27(28)30)22-9-8-20-6-4-5-7-21(20)18-22;1-26-11-9-19(30)14-18(26)4-6-21-23-8-7-22(27(23,2)12-10-24(21)26)16-3-5-20-17(13-16)15-29-25(20)28;1-26-12-9-20(29)16-19(26)4-5-21-23-7-6-22(27(23,2)13-10-24(21)26)17-3-8-25-18(15-17)11-14-28-25;1-26-11-9-21(29)14-20(26)5-6-22-24-8-7-23(27(24,2)12-10-25(22)26)17-3-4-18-15-28-16-19(18)13-17/h4-10,12,18,24,26-27,31H,11,13-17,19H2,1-3H3;3-5,7,13,19,21,23-24,30H,6,8-12,14-15H2,1-2H3,(H2,28,29);3-4,6,8,11,14-15,20-21,23-24,28-29H,5,7,9-10,12-13,16H2,1-2H3;3-5,7,13,15,21-22,24-25,29H,6,8-12,14,16H2,1-2H3/t24-,26+,27+,28-,29+,30-;19-,21-,23-,24-,26-,27+;20-,21-,23-,24-,26-,27+;21-,22-,24-,25-,26-,27+/m0000/s1. The summed E-state index contributed by atoms with van der Waals surface area (Å²) in [6.45, 7) is 24.5. The molecule has 8 nitrogen and oxygen atoms in total. The largest absolute Gasteiger partial charge is 0.393 e. The van der Waals surface area contributed by atoms with Crippen LogP contribution in [-0.2, 0) is 13.1 Å². The van der Waals surface area contributed by atoms with E-state index in [1.54, 1.807) is 44.6 Å². The molecule has 7 N–H and O–H groups in total. The molecule has 6 aromatic rings. The summed E-state index contributed by atoms with van der Waals surface area (Å²) in [5.74, 6) is 9.16. The minimum Gasteiger partial charge on any atom is -0.393 e. The summed E-state index contributed by atoms with van der Waals surface area (Å²) in [5.41, 5.74) is 33.5. The molecule has 8 heteroatoms. The molecule has 2 aliphatic heterocycles. The minimum atomic E-state index is -0.120. The number of aliphatic hydroxyl groups excluding tert-OH is 4. The Kier molecular flexibility index (Phi) is 19.2. The third kappa shape index (κ3) is 12.4. The number of aromatic amines is 1. The summed E-state index contributed by atoms with van der Waals surface area (Å²) in [5, 5.41) is 45.0. The first-order valence-corrected chi connectivity index (χ1v) is 47.7. The van der Waals surface area contributed by atoms with Crippen LogP contribution in [0.5, 0.6) is 0 Å². The van der Waals surface area contributed by atoms with Crippen LogP contribution in [0.4, 0.5) is 0 Å². The van der Waals surface area contributed by atoms with Gasteiger partial charge in [-0.05, 0) is 407 Å². The SMILES string of the molecule is C[C@@]12CC=C3C[C@@H](O)CC[C@]3(C)[C@H]1CC[C@]1(C)C(c3ccc4ccccc4c3)=CC[C@@H]21.C[C@]12CC[C@H](O)CC1=CC[C@@H]1[C@@H]2CC[C@]2(C)C(c3ccc4[nH]ccc4c3)=CC[C@@H]12.C[C@]12CC[C@H](O)CC1=CC[C@@H]1[C@@H]2CC[C@]2(C)C(c3ccc4c(c3)CN=C4)=CC[C@@H]12.C[C@]12CC[C@H](O)CC1=CC[C@@H]1[C@@H]2CC[C@]2(C)C(c3ccc4c(c3)CN=C4N)=CC[C@@H]12. The summed E-state index contributed by atoms with van der Waals surface area (Å²) < 4.78 is 0. The van der Waals surface area contributed by atoms with Crippen LogP contribution in [0.25, 0.3) is 44.0 Å². The molecule has 18 aliphatic rings. The smallest absolute Gasteiger partial charge is 0.126 e. The zero-order chi connectivity index (χ0) is 81.7. The van der Waals surface area contributed by atoms with Crippen molar-refractivity contribution in [2.75, 3.05) is 0 Å². The number of nitrogens with zero attached hydrogens (tertiary/aromatic N) is 2. The lowest BCUT2D eigenvalue weighted by Gasteiger charge is -2.63. The van der Waals surface area contributed by atoms with E-state index in [-0.39, 0.29) is 35.2 Å². The molecule has 16 aliphatic carbocycles. The van der Waals surface area contributed by atoms with E-state index in [0.29, 0.717) is 49.7 Å². The van der Waals surface area contributed by atoms with E-state index in [9.17, 15) is 20.4 Å². The molecule has 0 amide bonds. The molecule has 0 bridgehead atoms. The third-order valence-corrected chi connectivity index (χ3v) is 39.2. The van der Waals surface area contributed by atoms with Crippen LogP contribution in [0.1, 0.15) is 287 Å². The summed E-state index contributed by atoms with van der Waals surface area (Å²) in [6, 6.07) is 38.8. The number of aliphatic imine (C=N–C) groups is 2. The maximum Gasteiger partial charge on any atom is 0.126 e. The Morgan fingerprint density at radius 2 is 0.798 bits per heavy atom. The number of hydrogen-bond acceptors (Lipinski definition) is 7. The Morgan fingerprint density at radius 1 is 0.361 bits per heavy atom. The van der Waals surface area contributed by atoms with Gasteiger partial charge in [-0.15, -0.1) is 0 Å². The monoisotopic (exact) mass is 1590 g/mol. The van der Waals surface area contributed by atoms with Gasteiger partial charge < -0.3 is 31.1 Å². The van der Waals surface area contributed by atoms with Gasteiger partial charge in [-0.2, -0.15) is 0 Å². The van der Waals surface area contributed by atoms with Crippen molar-refractivity contribution in [3.8, 4) is 0 Å². The molecule has 624 valence electrons. The Hall–Kier alpha value is -7.20. The van der Waals surface area contributed by atoms with E-state index in [0.717, 1.165) is 142 Å². The lowest BCUT2D eigenvalue weighted by atomic mass is 9.41. The van der Waals surface area contributed by atoms with Crippen molar-refractivity contribution in [2.24, 2.45) is 130 Å². The number of aliphatic hydroxyl groups is 4. The first-order valence-electron chi connectivity index (χ1n) is 47.7. The number of aromatic nitrogens is 1. The van der Waals surface area contributed by atoms with E-state index in [1.165, 1.54) is 176 Å². The summed E-state index contributed by atoms with van der Waals surface area (Å²) in [7, 11) is 0. The Bertz CT molecular complexity index is 5420. The summed E-state index contributed by atoms with van der Waals surface area (Å²) >= 11 is 0. The van der Waals surface area contributed by atoms with E-state index in [1.807, 2.05) is 12.4 Å². The van der Waals surface area contributed by atoms with E-state index in [2.05, 4.69) is 229 Å². The van der Waals surface area contributed by atoms with Crippen LogP contribution >= 0.6 is 0 Å². The fourth-order valence-electron chi connectivity index (χ4n) is 32.5. The quantitative estimate of drug-likeness (QED) is 0.0973. The van der Waals surface area contributed by atoms with Crippen LogP contribution in [0.2, 0.25) is 0 Å². The van der Waals surface area contributed by atoms with Gasteiger partial charge in [-0.3, -0.25) is 9.98 Å². The van der Waals surface area contributed by atoms with E-state index < -0.39 is 0 Å². The minimum absolute atomic E-state index is 0.108. The number of H-pyrrole nitrogens is 1. The first kappa shape index (κ1) is 79.0. The predicted molar refractivity (Wildman–Crippen MR) is 490 cm³/mol. The Labute approximate surface area is 710 Å². The van der Waals surface area contributed by atoms with Crippen LogP contribution in [-0.4, -0.2) is 61.9 Å². The van der Waals surface area contributed by atoms with Gasteiger partial charge in [0.05, 0.1) is 37.5 Å². The van der Waals surface area contributed by atoms with Gasteiger partial charge in [0.15, 0.2) is 0 Å². The second kappa shape index (κ2) is 29.0. The topological polar surface area (TPSA) is 147 Å². The van der Waals surface area contributed by atoms with Gasteiger partial charge in [-0.25, -0.2) is 0 Å². The van der Waals surface area contributed by atoms with Gasteiger partial charge in [0.2, 0.25) is 0 Å². The van der Waals surface area contributed by atoms with Crippen molar-refractivity contribution in [1.82, 2.24) is 4.98 Å². The van der Waals surface area contributed by atoms with Gasteiger partial charge in [0, 0.05) is 23.5 Å². The average molecular weight is 1590 g/mol. The molecule has 0 unspecified atom stereocenters. The maximum absolute atomic E-state index is 10.3. The number of amidine groups is 1. The number of fused-ring (bicyclic) bond motifs is 24. The molecule has 0 saturated heterocycles. The molecule has 8 fully saturated rings. The molecule has 0 radical (unpaired) electrons. The molecule has 5 aromatic carbocycles. The van der Waals surface area contributed by atoms with Crippen LogP contribution < -0.4 is 5.73 Å². The van der Waals surface area contributed by atoms with E-state index >= 15 is 0 Å². The second-order valence-corrected chi connectivity index (χ2v) is 44.4. The number of nitrogens with one attached hydrogen (secondary N) is 1. The highest BCUT2D eigenvalue weighted by Crippen LogP contribution is 2.74. The molecule has 8 saturated carbocycles. The normalized spacial score (nSPS) is 41.8. The Balaban J connectivity index is 0.0000000984. The molecule has 24 rings (SSSR count). The molecular weight excluding hydrogens is 1450 g/mol. The van der Waals surface area contributed by atoms with Crippen LogP contribution in [0.3, 0.4) is 0 Å². The zero-order valence-corrected chi connectivity index (χ0v) is 73.2. The van der Waals surface area contributed by atoms with Crippen molar-refractivity contribution < 1.29 is 20.4 Å². The number of hydrogen-bond donors (Lipinski definition) is 6. The highest BCUT2D eigenvalue weighted by atomic mass is 16.3. The summed E-state index contributed by atoms with van der Waals surface area (Å²) in [4.78, 5) is 12.2. The number of allylic oxidation sites excluding steroid dienone is 12. The van der Waals surface area contributed by atoms with Crippen molar-refractivity contribution in [2.45, 2.75) is 280 Å². The fraction of sp³-hybridized carbons (Fsp3) is 0.568. The second-order valence-electron chi connectivity index (χ2n) is 44.4. The third-order valence-electron chi connectivity index (χ3n) is 39.2. The highest BCUT2D eigenvalue weighted by Gasteiger charge is 2.64. The van der Waals surface area contributed by atoms with E-state index in [4.69, 9.17) is 5.73 Å². The highest BCUT2D eigenvalue weighted by molar-refractivity contribution is 6.01. The molecule has 0 spiro atoms. The maximum atomic E-state index is 10.3. The van der Waals surface area contributed by atoms with Crippen LogP contribution in [0.15, 0.2) is 190 Å². The van der Waals surface area contributed by atoms with Crippen molar-refractivity contribution in [1.29, 1.82) is 0 Å². The van der Waals surface area contributed by atoms with Gasteiger partial charge >= 0.3 is 0 Å². The van der Waals surface area contributed by atoms with Crippen LogP contribution in [0, 0.1) is 114 Å². The lowest BCUT2D eigenvalue weighted by Crippen LogP contribution is -2.55. The molecule has 1 aromatic heterocycles. The van der Waals surface area contributed by atoms with Crippen molar-refractivity contribution >= 4 is 56.0 Å². The Morgan fingerprint density at radius 3 is 1.34 bits per heavy atom. The fourth-order valence-corrected chi connectivity index (χ4v) is 32.5. The van der Waals surface area contributed by atoms with Crippen molar-refractivity contribution in [3.63, 3.8) is 0 Å². The number of rotatable bonds is 4. The molecule has 24 atom stereocenters. The predicted octanol–water partition coefficient (Wildman–Crippen LogP) is 25.2. The number of nitrogens with two attached hydrogens (primary N) is 1. The van der Waals surface area contributed by atoms with Crippen molar-refractivity contribution in [3.05, 3.63) is 225 Å². The molecule has 3 heterocycles. The van der Waals surface area contributed by atoms with Gasteiger partial charge in [0.25, 0.3) is 0 Å². The number of benzene rings is 5. The molecule has 119 heavy (non-hydrogen) atoms. The first-order chi connectivity index (χ1) is 57.2. The van der Waals surface area contributed by atoms with Gasteiger partial charge in [0.1, 0.15) is 5.84 Å². The average Bonchev–Trinajstić information content (AvgIpc) is 1.55.